The number of carbonyl (C=O) groups excluding carboxylic acids is 1. The Morgan fingerprint density at radius 3 is 2.72 bits per heavy atom. The number of carbonyl (C=O) groups is 1. The fraction of sp³-hybridized carbons (Fsp3) is 0.364. The molecule has 1 rings (SSSR count). The largest absolute Gasteiger partial charge is 0.440 e. The summed E-state index contributed by atoms with van der Waals surface area (Å²) in [5, 5.41) is 2.31. The molecule has 0 aliphatic rings. The van der Waals surface area contributed by atoms with Gasteiger partial charge in [0.15, 0.2) is 6.61 Å². The molecule has 0 heterocycles. The maximum Gasteiger partial charge on any atom is 0.422 e. The van der Waals surface area contributed by atoms with Crippen LogP contribution >= 0.6 is 15.9 Å². The fourth-order valence-electron chi connectivity index (χ4n) is 1.23. The molecule has 0 fully saturated rings. The molecule has 0 aliphatic carbocycles. The molecule has 0 bridgehead atoms. The second kappa shape index (κ2) is 6.08. The van der Waals surface area contributed by atoms with E-state index >= 15 is 0 Å². The third kappa shape index (κ3) is 5.39. The molecular weight excluding hydrogens is 315 g/mol. The second-order valence-corrected chi connectivity index (χ2v) is 4.53. The molecule has 100 valence electrons. The van der Waals surface area contributed by atoms with Crippen molar-refractivity contribution < 1.29 is 22.7 Å². The van der Waals surface area contributed by atoms with Crippen molar-refractivity contribution in [3.63, 3.8) is 0 Å². The molecule has 1 amide bonds. The highest BCUT2D eigenvalue weighted by molar-refractivity contribution is 9.10. The Morgan fingerprint density at radius 1 is 1.50 bits per heavy atom. The molecule has 0 saturated heterocycles. The minimum atomic E-state index is -4.52. The predicted molar refractivity (Wildman–Crippen MR) is 63.1 cm³/mol. The lowest BCUT2D eigenvalue weighted by atomic mass is 10.1. The Morgan fingerprint density at radius 2 is 2.17 bits per heavy atom. The monoisotopic (exact) mass is 325 g/mol. The van der Waals surface area contributed by atoms with Crippen LogP contribution in [0.1, 0.15) is 18.5 Å². The molecule has 18 heavy (non-hydrogen) atoms. The van der Waals surface area contributed by atoms with E-state index in [1.807, 2.05) is 0 Å². The zero-order valence-corrected chi connectivity index (χ0v) is 11.0. The lowest BCUT2D eigenvalue weighted by Crippen LogP contribution is -2.30. The number of rotatable bonds is 3. The number of benzene rings is 1. The van der Waals surface area contributed by atoms with Gasteiger partial charge in [0, 0.05) is 4.47 Å². The van der Waals surface area contributed by atoms with Crippen LogP contribution in [0.25, 0.3) is 0 Å². The van der Waals surface area contributed by atoms with Crippen LogP contribution in [0, 0.1) is 0 Å². The van der Waals surface area contributed by atoms with Crippen LogP contribution in [0.15, 0.2) is 28.7 Å². The van der Waals surface area contributed by atoms with Crippen molar-refractivity contribution >= 4 is 22.0 Å². The minimum Gasteiger partial charge on any atom is -0.440 e. The number of alkyl carbamates (subject to hydrolysis) is 1. The average Bonchev–Trinajstić information content (AvgIpc) is 2.25. The number of halogens is 4. The van der Waals surface area contributed by atoms with Gasteiger partial charge in [0.25, 0.3) is 0 Å². The highest BCUT2D eigenvalue weighted by atomic mass is 79.9. The number of alkyl halides is 3. The van der Waals surface area contributed by atoms with E-state index in [2.05, 4.69) is 26.0 Å². The van der Waals surface area contributed by atoms with Crippen molar-refractivity contribution in [3.8, 4) is 0 Å². The van der Waals surface area contributed by atoms with Crippen LogP contribution in [0.5, 0.6) is 0 Å². The minimum absolute atomic E-state index is 0.441. The molecule has 0 aromatic heterocycles. The second-order valence-electron chi connectivity index (χ2n) is 3.61. The van der Waals surface area contributed by atoms with Gasteiger partial charge in [-0.25, -0.2) is 4.79 Å². The van der Waals surface area contributed by atoms with Gasteiger partial charge in [-0.15, -0.1) is 0 Å². The van der Waals surface area contributed by atoms with Gasteiger partial charge in [-0.3, -0.25) is 0 Å². The molecule has 0 spiro atoms. The third-order valence-corrected chi connectivity index (χ3v) is 2.54. The molecule has 1 atom stereocenters. The topological polar surface area (TPSA) is 38.3 Å². The van der Waals surface area contributed by atoms with Gasteiger partial charge in [0.2, 0.25) is 0 Å². The standard InChI is InChI=1S/C11H11BrF3NO2/c1-7(8-3-2-4-9(12)5-8)16-10(17)18-6-11(13,14)15/h2-5,7H,6H2,1H3,(H,16,17). The summed E-state index contributed by atoms with van der Waals surface area (Å²) >= 11 is 3.26. The summed E-state index contributed by atoms with van der Waals surface area (Å²) in [4.78, 5) is 11.1. The predicted octanol–water partition coefficient (Wildman–Crippen LogP) is 3.80. The van der Waals surface area contributed by atoms with Crippen LogP contribution in [0.2, 0.25) is 0 Å². The van der Waals surface area contributed by atoms with Crippen molar-refractivity contribution in [1.29, 1.82) is 0 Å². The van der Waals surface area contributed by atoms with Crippen LogP contribution in [0.4, 0.5) is 18.0 Å². The lowest BCUT2D eigenvalue weighted by Gasteiger charge is -2.15. The van der Waals surface area contributed by atoms with Gasteiger partial charge in [-0.1, -0.05) is 28.1 Å². The van der Waals surface area contributed by atoms with E-state index in [1.54, 1.807) is 31.2 Å². The van der Waals surface area contributed by atoms with Gasteiger partial charge in [-0.2, -0.15) is 13.2 Å². The van der Waals surface area contributed by atoms with E-state index in [9.17, 15) is 18.0 Å². The maximum atomic E-state index is 11.8. The van der Waals surface area contributed by atoms with Crippen LogP contribution < -0.4 is 5.32 Å². The zero-order chi connectivity index (χ0) is 13.8. The molecular formula is C11H11BrF3NO2. The van der Waals surface area contributed by atoms with Gasteiger partial charge in [0.1, 0.15) is 0 Å². The molecule has 1 N–H and O–H groups in total. The van der Waals surface area contributed by atoms with E-state index in [0.29, 0.717) is 0 Å². The SMILES string of the molecule is CC(NC(=O)OCC(F)(F)F)c1cccc(Br)c1. The quantitative estimate of drug-likeness (QED) is 0.918. The molecule has 7 heteroatoms. The van der Waals surface area contributed by atoms with Gasteiger partial charge in [-0.05, 0) is 24.6 Å². The summed E-state index contributed by atoms with van der Waals surface area (Å²) in [6.45, 7) is 0.0562. The van der Waals surface area contributed by atoms with Crippen molar-refractivity contribution in [2.75, 3.05) is 6.61 Å². The van der Waals surface area contributed by atoms with E-state index in [1.165, 1.54) is 0 Å². The van der Waals surface area contributed by atoms with E-state index in [-0.39, 0.29) is 0 Å². The lowest BCUT2D eigenvalue weighted by molar-refractivity contribution is -0.160. The Kier molecular flexibility index (Phi) is 5.01. The molecule has 0 saturated carbocycles. The van der Waals surface area contributed by atoms with E-state index < -0.39 is 24.9 Å². The molecule has 3 nitrogen and oxygen atoms in total. The summed E-state index contributed by atoms with van der Waals surface area (Å²) in [6, 6.07) is 6.63. The average molecular weight is 326 g/mol. The maximum absolute atomic E-state index is 11.8. The molecule has 0 radical (unpaired) electrons. The highest BCUT2D eigenvalue weighted by Crippen LogP contribution is 2.18. The normalized spacial score (nSPS) is 12.9. The number of amides is 1. The number of hydrogen-bond donors (Lipinski definition) is 1. The summed E-state index contributed by atoms with van der Waals surface area (Å²) in [7, 11) is 0. The Hall–Kier alpha value is -1.24. The molecule has 1 aromatic rings. The third-order valence-electron chi connectivity index (χ3n) is 2.05. The summed E-state index contributed by atoms with van der Waals surface area (Å²) in [6.07, 6.45) is -5.61. The fourth-order valence-corrected chi connectivity index (χ4v) is 1.64. The highest BCUT2D eigenvalue weighted by Gasteiger charge is 2.29. The number of ether oxygens (including phenoxy) is 1. The van der Waals surface area contributed by atoms with Crippen molar-refractivity contribution in [2.24, 2.45) is 0 Å². The number of hydrogen-bond acceptors (Lipinski definition) is 2. The van der Waals surface area contributed by atoms with E-state index in [0.717, 1.165) is 10.0 Å². The van der Waals surface area contributed by atoms with Gasteiger partial charge < -0.3 is 10.1 Å². The first-order valence-electron chi connectivity index (χ1n) is 5.03. The van der Waals surface area contributed by atoms with Crippen LogP contribution in [-0.2, 0) is 4.74 Å². The van der Waals surface area contributed by atoms with Crippen LogP contribution in [0.3, 0.4) is 0 Å². The Balaban J connectivity index is 2.50. The molecule has 1 aromatic carbocycles. The Bertz CT molecular complexity index is 423. The van der Waals surface area contributed by atoms with Crippen molar-refractivity contribution in [3.05, 3.63) is 34.3 Å². The van der Waals surface area contributed by atoms with Gasteiger partial charge >= 0.3 is 12.3 Å². The molecule has 1 unspecified atom stereocenters. The summed E-state index contributed by atoms with van der Waals surface area (Å²) in [5.74, 6) is 0. The first-order valence-corrected chi connectivity index (χ1v) is 5.83. The van der Waals surface area contributed by atoms with Crippen molar-refractivity contribution in [1.82, 2.24) is 5.32 Å². The number of nitrogens with one attached hydrogen (secondary N) is 1. The first kappa shape index (κ1) is 14.8. The van der Waals surface area contributed by atoms with Gasteiger partial charge in [0.05, 0.1) is 6.04 Å². The van der Waals surface area contributed by atoms with E-state index in [4.69, 9.17) is 0 Å². The van der Waals surface area contributed by atoms with Crippen molar-refractivity contribution in [2.45, 2.75) is 19.1 Å². The summed E-state index contributed by atoms with van der Waals surface area (Å²) < 4.78 is 40.3. The first-order chi connectivity index (χ1) is 8.28. The smallest absolute Gasteiger partial charge is 0.422 e. The Labute approximate surface area is 110 Å². The zero-order valence-electron chi connectivity index (χ0n) is 9.42. The summed E-state index contributed by atoms with van der Waals surface area (Å²) in [5.41, 5.74) is 0.758. The van der Waals surface area contributed by atoms with Crippen LogP contribution in [-0.4, -0.2) is 18.9 Å². The molecule has 0 aliphatic heterocycles.